The maximum Gasteiger partial charge on any atom is 0.257 e. The molecule has 17 nitrogen and oxygen atoms in total. The number of nitriles is 1. The summed E-state index contributed by atoms with van der Waals surface area (Å²) in [4.78, 5) is 67.8. The molecule has 3 amide bonds. The van der Waals surface area contributed by atoms with Crippen molar-refractivity contribution in [1.29, 1.82) is 5.26 Å². The number of nitrogens with zero attached hydrogens (tertiary/aromatic N) is 6. The van der Waals surface area contributed by atoms with E-state index in [1.165, 1.54) is 86.6 Å². The van der Waals surface area contributed by atoms with Gasteiger partial charge in [0.2, 0.25) is 17.8 Å². The number of pyridine rings is 1. The molecular weight excluding hydrogens is 1210 g/mol. The van der Waals surface area contributed by atoms with Gasteiger partial charge in [-0.2, -0.15) is 10.2 Å². The summed E-state index contributed by atoms with van der Waals surface area (Å²) in [5.41, 5.74) is 2.00. The van der Waals surface area contributed by atoms with Crippen LogP contribution < -0.4 is 46.5 Å². The molecule has 5 aromatic carbocycles. The second-order valence-corrected chi connectivity index (χ2v) is 25.7. The first-order chi connectivity index (χ1) is 44.2. The van der Waals surface area contributed by atoms with E-state index < -0.39 is 46.4 Å². The van der Waals surface area contributed by atoms with Gasteiger partial charge in [0.05, 0.1) is 48.4 Å². The predicted octanol–water partition coefficient (Wildman–Crippen LogP) is 14.0. The smallest absolute Gasteiger partial charge is 0.257 e. The Hall–Kier alpha value is -8.41. The maximum absolute atomic E-state index is 16.2. The quantitative estimate of drug-likeness (QED) is 0.0240. The molecule has 2 aromatic heterocycles. The number of methoxy groups -OCH3 is 2. The molecule has 2 aliphatic heterocycles. The van der Waals surface area contributed by atoms with Crippen LogP contribution >= 0.6 is 23.2 Å². The highest BCUT2D eigenvalue weighted by Crippen LogP contribution is 2.53. The minimum absolute atomic E-state index is 0.0259. The number of hydrogen-bond donors (Lipinski definition) is 5. The SMILES string of the molecule is C=CC(=O)Nc1cccc(-n2c(=O)cc(C)c3cnc(Nc4ccc(N5CCN(CCCCCCCCCCCCNC(=O)c6ccc(NC(=O)C7NC(CC(C)(C)C)C(C#N)(c8ccc(Cl)cc8F)C7c7cccc(Cl)c7F)c(OC)c6)CC5)cc4OC)nc32)c1. The number of ether oxygens (including phenoxy) is 2. The Balaban J connectivity index is 0.672. The van der Waals surface area contributed by atoms with Crippen LogP contribution in [0.1, 0.15) is 124 Å². The number of benzene rings is 5. The zero-order chi connectivity index (χ0) is 65.7. The second-order valence-electron chi connectivity index (χ2n) is 24.9. The van der Waals surface area contributed by atoms with E-state index in [0.29, 0.717) is 58.3 Å². The van der Waals surface area contributed by atoms with Gasteiger partial charge in [0, 0.05) is 95.9 Å². The average molecular weight is 1290 g/mol. The number of amides is 3. The van der Waals surface area contributed by atoms with Crippen molar-refractivity contribution in [2.45, 2.75) is 122 Å². The number of carbonyl (C=O) groups is 3. The molecule has 7 aromatic rings. The van der Waals surface area contributed by atoms with Crippen LogP contribution in [0.4, 0.5) is 37.5 Å². The van der Waals surface area contributed by atoms with Gasteiger partial charge in [-0.05, 0) is 122 Å². The summed E-state index contributed by atoms with van der Waals surface area (Å²) in [6.45, 7) is 16.6. The first-order valence-corrected chi connectivity index (χ1v) is 32.2. The fourth-order valence-corrected chi connectivity index (χ4v) is 13.0. The number of halogens is 4. The number of aromatic nitrogens is 3. The van der Waals surface area contributed by atoms with Gasteiger partial charge in [-0.3, -0.25) is 28.6 Å². The maximum atomic E-state index is 16.2. The summed E-state index contributed by atoms with van der Waals surface area (Å²) in [6, 6.07) is 27.9. The lowest BCUT2D eigenvalue weighted by atomic mass is 9.62. The summed E-state index contributed by atoms with van der Waals surface area (Å²) in [5, 5.41) is 27.1. The van der Waals surface area contributed by atoms with Crippen molar-refractivity contribution < 1.29 is 32.6 Å². The van der Waals surface area contributed by atoms with Crippen molar-refractivity contribution in [2.24, 2.45) is 5.41 Å². The van der Waals surface area contributed by atoms with E-state index in [9.17, 15) is 24.4 Å². The van der Waals surface area contributed by atoms with Crippen LogP contribution in [-0.4, -0.2) is 103 Å². The van der Waals surface area contributed by atoms with E-state index in [1.54, 1.807) is 61.8 Å². The number of fused-ring (bicyclic) bond motifs is 1. The minimum Gasteiger partial charge on any atom is -0.495 e. The molecule has 484 valence electrons. The van der Waals surface area contributed by atoms with Gasteiger partial charge in [-0.15, -0.1) is 0 Å². The van der Waals surface area contributed by atoms with Crippen LogP contribution in [0.15, 0.2) is 127 Å². The highest BCUT2D eigenvalue weighted by atomic mass is 35.5. The zero-order valence-corrected chi connectivity index (χ0v) is 54.6. The number of nitrogens with one attached hydrogen (secondary N) is 5. The fourth-order valence-electron chi connectivity index (χ4n) is 12.7. The van der Waals surface area contributed by atoms with E-state index in [2.05, 4.69) is 60.1 Å². The zero-order valence-electron chi connectivity index (χ0n) is 53.1. The first-order valence-electron chi connectivity index (χ1n) is 31.4. The minimum atomic E-state index is -1.80. The Morgan fingerprint density at radius 2 is 1.50 bits per heavy atom. The topological polar surface area (TPSA) is 208 Å². The summed E-state index contributed by atoms with van der Waals surface area (Å²) in [5.74, 6) is -2.97. The number of rotatable bonds is 27. The molecule has 0 bridgehead atoms. The largest absolute Gasteiger partial charge is 0.495 e. The molecule has 4 heterocycles. The summed E-state index contributed by atoms with van der Waals surface area (Å²) >= 11 is 12.5. The molecule has 9 rings (SSSR count). The lowest BCUT2D eigenvalue weighted by Crippen LogP contribution is -2.46. The summed E-state index contributed by atoms with van der Waals surface area (Å²) in [6.07, 6.45) is 14.5. The Morgan fingerprint density at radius 1 is 0.815 bits per heavy atom. The van der Waals surface area contributed by atoms with Gasteiger partial charge in [0.25, 0.3) is 11.5 Å². The second kappa shape index (κ2) is 30.8. The lowest BCUT2D eigenvalue weighted by molar-refractivity contribution is -0.118. The van der Waals surface area contributed by atoms with Gasteiger partial charge in [0.1, 0.15) is 28.5 Å². The highest BCUT2D eigenvalue weighted by molar-refractivity contribution is 6.31. The normalized spacial score (nSPS) is 17.4. The van der Waals surface area contributed by atoms with Crippen molar-refractivity contribution in [1.82, 2.24) is 30.1 Å². The van der Waals surface area contributed by atoms with Crippen LogP contribution in [0.25, 0.3) is 16.7 Å². The molecule has 5 N–H and O–H groups in total. The Kier molecular flexibility index (Phi) is 22.8. The number of piperazine rings is 1. The van der Waals surface area contributed by atoms with Gasteiger partial charge in [0.15, 0.2) is 5.65 Å². The number of anilines is 5. The molecule has 0 spiro atoms. The van der Waals surface area contributed by atoms with Crippen molar-refractivity contribution in [3.8, 4) is 23.3 Å². The van der Waals surface area contributed by atoms with Crippen LogP contribution in [0, 0.1) is 35.3 Å². The molecule has 2 aliphatic rings. The van der Waals surface area contributed by atoms with E-state index in [4.69, 9.17) is 37.7 Å². The number of carbonyl (C=O) groups excluding carboxylic acids is 3. The Labute approximate surface area is 546 Å². The monoisotopic (exact) mass is 1290 g/mol. The first kappa shape index (κ1) is 68.0. The molecule has 4 unspecified atom stereocenters. The van der Waals surface area contributed by atoms with Gasteiger partial charge >= 0.3 is 0 Å². The lowest BCUT2D eigenvalue weighted by Gasteiger charge is -2.37. The number of hydrogen-bond acceptors (Lipinski definition) is 13. The van der Waals surface area contributed by atoms with E-state index in [-0.39, 0.29) is 50.0 Å². The summed E-state index contributed by atoms with van der Waals surface area (Å²) in [7, 11) is 3.06. The predicted molar refractivity (Wildman–Crippen MR) is 361 cm³/mol. The van der Waals surface area contributed by atoms with Gasteiger partial charge in [-0.25, -0.2) is 13.8 Å². The molecule has 2 saturated heterocycles. The summed E-state index contributed by atoms with van der Waals surface area (Å²) < 4.78 is 45.4. The van der Waals surface area contributed by atoms with Crippen LogP contribution in [0.2, 0.25) is 10.0 Å². The number of aryl methyl sites for hydroxylation is 1. The molecular formula is C71H81Cl2F2N11O6. The highest BCUT2D eigenvalue weighted by Gasteiger charge is 2.61. The van der Waals surface area contributed by atoms with E-state index in [0.717, 1.165) is 75.7 Å². The van der Waals surface area contributed by atoms with Crippen molar-refractivity contribution in [3.63, 3.8) is 0 Å². The fraction of sp³-hybridized carbons (Fsp3) is 0.394. The molecule has 0 saturated carbocycles. The molecule has 0 radical (unpaired) electrons. The van der Waals surface area contributed by atoms with Crippen LogP contribution in [0.3, 0.4) is 0 Å². The van der Waals surface area contributed by atoms with Crippen molar-refractivity contribution in [3.05, 3.63) is 176 Å². The Morgan fingerprint density at radius 3 is 2.18 bits per heavy atom. The molecule has 0 aliphatic carbocycles. The van der Waals surface area contributed by atoms with E-state index in [1.807, 2.05) is 39.8 Å². The third kappa shape index (κ3) is 16.1. The molecule has 92 heavy (non-hydrogen) atoms. The Bertz CT molecular complexity index is 3920. The van der Waals surface area contributed by atoms with Gasteiger partial charge < -0.3 is 41.0 Å². The van der Waals surface area contributed by atoms with Crippen LogP contribution in [-0.2, 0) is 15.0 Å². The van der Waals surface area contributed by atoms with Crippen molar-refractivity contribution >= 4 is 80.7 Å². The third-order valence-corrected chi connectivity index (χ3v) is 17.9. The molecule has 21 heteroatoms. The standard InChI is InChI=1S/C71H81Cl2F2N11O6/c1-8-61(87)79-48-21-19-22-50(40-48)86-62(88)37-45(2)52-43-78-69(83-66(52)86)81-57-30-27-49(41-59(57)92-7)85-35-33-84(34-36-85)32-18-16-14-12-10-9-11-13-15-17-31-77-67(89)46-25-29-56(58(38-46)91-6)80-68(90)65-63(51-23-20-24-54(73)64(51)75)71(44-76,60(82-65)42-70(3,4)5)53-28-26-47(72)39-55(53)74/h8,19-30,37-41,43,60,63,65,82H,1,9-18,31-36,42H2,2-7H3,(H,77,89)(H,79,87)(H,80,90)(H,78,81,83). The molecule has 4 atom stereocenters. The van der Waals surface area contributed by atoms with E-state index >= 15 is 8.78 Å². The number of unbranched alkanes of at least 4 members (excludes halogenated alkanes) is 9. The third-order valence-electron chi connectivity index (χ3n) is 17.3. The van der Waals surface area contributed by atoms with Crippen molar-refractivity contribution in [2.75, 3.05) is 74.3 Å². The van der Waals surface area contributed by atoms with Gasteiger partial charge in [-0.1, -0.05) is 126 Å². The molecule has 2 fully saturated rings. The average Bonchev–Trinajstić information content (AvgIpc) is 1.53. The van der Waals surface area contributed by atoms with Crippen LogP contribution in [0.5, 0.6) is 11.5 Å².